The Morgan fingerprint density at radius 1 is 1.00 bits per heavy atom. The Balaban J connectivity index is 1.86. The molecule has 1 fully saturated rings. The van der Waals surface area contributed by atoms with E-state index in [1.807, 2.05) is 6.07 Å². The Morgan fingerprint density at radius 2 is 1.80 bits per heavy atom. The van der Waals surface area contributed by atoms with Gasteiger partial charge in [0.2, 0.25) is 0 Å². The lowest BCUT2D eigenvalue weighted by Gasteiger charge is -2.17. The smallest absolute Gasteiger partial charge is 0.161 e. The number of hydrogen-bond donors (Lipinski definition) is 1. The molecule has 1 aliphatic rings. The maximum Gasteiger partial charge on any atom is 0.161 e. The van der Waals surface area contributed by atoms with Gasteiger partial charge >= 0.3 is 0 Å². The van der Waals surface area contributed by atoms with E-state index in [-0.39, 0.29) is 0 Å². The van der Waals surface area contributed by atoms with Gasteiger partial charge in [0.1, 0.15) is 0 Å². The lowest BCUT2D eigenvalue weighted by Crippen LogP contribution is -2.16. The molecule has 1 saturated carbocycles. The number of benzene rings is 2. The summed E-state index contributed by atoms with van der Waals surface area (Å²) in [7, 11) is 3.39. The summed E-state index contributed by atoms with van der Waals surface area (Å²) >= 11 is 0. The standard InChI is InChI=1S/C21H27NO3/c1-23-11-6-12-25-21-13-17(15-22-18-9-10-18)19(14-20(21)24-2)16-7-4-3-5-8-16/h3-5,7-8,13-14,18,22H,6,9-12,15H2,1-2H3. The van der Waals surface area contributed by atoms with E-state index in [1.54, 1.807) is 14.2 Å². The summed E-state index contributed by atoms with van der Waals surface area (Å²) in [6, 6.07) is 15.3. The summed E-state index contributed by atoms with van der Waals surface area (Å²) in [5, 5.41) is 3.61. The molecule has 0 heterocycles. The zero-order valence-corrected chi connectivity index (χ0v) is 15.1. The number of hydrogen-bond acceptors (Lipinski definition) is 4. The van der Waals surface area contributed by atoms with Gasteiger partial charge in [-0.2, -0.15) is 0 Å². The van der Waals surface area contributed by atoms with Crippen LogP contribution in [0.5, 0.6) is 11.5 Å². The van der Waals surface area contributed by atoms with Gasteiger partial charge in [0.05, 0.1) is 13.7 Å². The van der Waals surface area contributed by atoms with Crippen molar-refractivity contribution in [2.24, 2.45) is 0 Å². The Bertz CT molecular complexity index is 668. The van der Waals surface area contributed by atoms with Crippen LogP contribution in [-0.4, -0.2) is 33.5 Å². The van der Waals surface area contributed by atoms with Crippen LogP contribution in [0.25, 0.3) is 11.1 Å². The number of nitrogens with one attached hydrogen (secondary N) is 1. The molecule has 0 amide bonds. The molecule has 0 bridgehead atoms. The molecule has 2 aromatic rings. The highest BCUT2D eigenvalue weighted by molar-refractivity contribution is 5.71. The van der Waals surface area contributed by atoms with Crippen molar-refractivity contribution in [3.63, 3.8) is 0 Å². The molecule has 2 aromatic carbocycles. The van der Waals surface area contributed by atoms with Crippen LogP contribution in [0.1, 0.15) is 24.8 Å². The first-order valence-corrected chi connectivity index (χ1v) is 8.93. The third-order valence-electron chi connectivity index (χ3n) is 4.38. The van der Waals surface area contributed by atoms with E-state index in [0.717, 1.165) is 24.5 Å². The third-order valence-corrected chi connectivity index (χ3v) is 4.38. The fourth-order valence-corrected chi connectivity index (χ4v) is 2.83. The molecule has 4 nitrogen and oxygen atoms in total. The van der Waals surface area contributed by atoms with E-state index in [0.29, 0.717) is 19.3 Å². The molecule has 1 N–H and O–H groups in total. The van der Waals surface area contributed by atoms with Crippen LogP contribution in [0, 0.1) is 0 Å². The number of methoxy groups -OCH3 is 2. The van der Waals surface area contributed by atoms with Gasteiger partial charge in [0.15, 0.2) is 11.5 Å². The lowest BCUT2D eigenvalue weighted by molar-refractivity contribution is 0.170. The predicted molar refractivity (Wildman–Crippen MR) is 100 cm³/mol. The Morgan fingerprint density at radius 3 is 2.48 bits per heavy atom. The Kier molecular flexibility index (Phi) is 6.31. The van der Waals surface area contributed by atoms with E-state index in [2.05, 4.69) is 41.7 Å². The van der Waals surface area contributed by atoms with Crippen LogP contribution in [-0.2, 0) is 11.3 Å². The van der Waals surface area contributed by atoms with Crippen LogP contribution in [0.2, 0.25) is 0 Å². The summed E-state index contributed by atoms with van der Waals surface area (Å²) in [6.07, 6.45) is 3.41. The molecular formula is C21H27NO3. The summed E-state index contributed by atoms with van der Waals surface area (Å²) in [4.78, 5) is 0. The van der Waals surface area contributed by atoms with Crippen LogP contribution in [0.3, 0.4) is 0 Å². The van der Waals surface area contributed by atoms with Crippen LogP contribution in [0.4, 0.5) is 0 Å². The summed E-state index contributed by atoms with van der Waals surface area (Å²) in [5.74, 6) is 1.57. The Labute approximate surface area is 150 Å². The van der Waals surface area contributed by atoms with E-state index >= 15 is 0 Å². The summed E-state index contributed by atoms with van der Waals surface area (Å²) in [6.45, 7) is 2.15. The minimum Gasteiger partial charge on any atom is -0.493 e. The maximum atomic E-state index is 5.95. The van der Waals surface area contributed by atoms with Gasteiger partial charge < -0.3 is 19.5 Å². The molecule has 134 valence electrons. The molecule has 0 atom stereocenters. The maximum absolute atomic E-state index is 5.95. The van der Waals surface area contributed by atoms with Crippen LogP contribution >= 0.6 is 0 Å². The van der Waals surface area contributed by atoms with Gasteiger partial charge in [-0.25, -0.2) is 0 Å². The van der Waals surface area contributed by atoms with E-state index in [9.17, 15) is 0 Å². The Hall–Kier alpha value is -2.04. The predicted octanol–water partition coefficient (Wildman–Crippen LogP) is 4.03. The molecule has 1 aliphatic carbocycles. The molecule has 0 radical (unpaired) electrons. The fraction of sp³-hybridized carbons (Fsp3) is 0.429. The molecule has 0 aliphatic heterocycles. The summed E-state index contributed by atoms with van der Waals surface area (Å²) in [5.41, 5.74) is 3.62. The van der Waals surface area contributed by atoms with Gasteiger partial charge in [0.25, 0.3) is 0 Å². The fourth-order valence-electron chi connectivity index (χ4n) is 2.83. The molecule has 0 spiro atoms. The summed E-state index contributed by atoms with van der Waals surface area (Å²) < 4.78 is 16.6. The van der Waals surface area contributed by atoms with Gasteiger partial charge in [-0.1, -0.05) is 30.3 Å². The second kappa shape index (κ2) is 8.88. The van der Waals surface area contributed by atoms with Crippen LogP contribution in [0.15, 0.2) is 42.5 Å². The van der Waals surface area contributed by atoms with Crippen molar-refractivity contribution in [1.82, 2.24) is 5.32 Å². The zero-order valence-electron chi connectivity index (χ0n) is 15.1. The van der Waals surface area contributed by atoms with E-state index in [4.69, 9.17) is 14.2 Å². The van der Waals surface area contributed by atoms with Crippen molar-refractivity contribution in [2.45, 2.75) is 31.8 Å². The van der Waals surface area contributed by atoms with Crippen molar-refractivity contribution in [3.05, 3.63) is 48.0 Å². The van der Waals surface area contributed by atoms with Gasteiger partial charge in [-0.15, -0.1) is 0 Å². The molecular weight excluding hydrogens is 314 g/mol. The van der Waals surface area contributed by atoms with Crippen molar-refractivity contribution in [1.29, 1.82) is 0 Å². The first-order chi connectivity index (χ1) is 12.3. The SMILES string of the molecule is COCCCOc1cc(CNC2CC2)c(-c2ccccc2)cc1OC. The highest BCUT2D eigenvalue weighted by Gasteiger charge is 2.21. The molecule has 3 rings (SSSR count). The molecule has 0 aromatic heterocycles. The second-order valence-electron chi connectivity index (χ2n) is 6.38. The molecule has 4 heteroatoms. The average molecular weight is 341 g/mol. The van der Waals surface area contributed by atoms with Crippen LogP contribution < -0.4 is 14.8 Å². The monoisotopic (exact) mass is 341 g/mol. The van der Waals surface area contributed by atoms with E-state index in [1.165, 1.54) is 29.5 Å². The van der Waals surface area contributed by atoms with E-state index < -0.39 is 0 Å². The first kappa shape index (κ1) is 17.8. The minimum absolute atomic E-state index is 0.615. The quantitative estimate of drug-likeness (QED) is 0.662. The second-order valence-corrected chi connectivity index (χ2v) is 6.38. The third kappa shape index (κ3) is 4.97. The van der Waals surface area contributed by atoms with Crippen molar-refractivity contribution < 1.29 is 14.2 Å². The highest BCUT2D eigenvalue weighted by Crippen LogP contribution is 2.36. The number of rotatable bonds is 10. The molecule has 0 unspecified atom stereocenters. The van der Waals surface area contributed by atoms with Crippen molar-refractivity contribution >= 4 is 0 Å². The average Bonchev–Trinajstić information content (AvgIpc) is 3.48. The largest absolute Gasteiger partial charge is 0.493 e. The number of ether oxygens (including phenoxy) is 3. The van der Waals surface area contributed by atoms with Gasteiger partial charge in [0, 0.05) is 32.7 Å². The van der Waals surface area contributed by atoms with Crippen molar-refractivity contribution in [3.8, 4) is 22.6 Å². The highest BCUT2D eigenvalue weighted by atomic mass is 16.5. The topological polar surface area (TPSA) is 39.7 Å². The normalized spacial score (nSPS) is 13.7. The lowest BCUT2D eigenvalue weighted by atomic mass is 9.98. The van der Waals surface area contributed by atoms with Crippen molar-refractivity contribution in [2.75, 3.05) is 27.4 Å². The molecule has 0 saturated heterocycles. The first-order valence-electron chi connectivity index (χ1n) is 8.93. The minimum atomic E-state index is 0.615. The van der Waals surface area contributed by atoms with Gasteiger partial charge in [-0.3, -0.25) is 0 Å². The van der Waals surface area contributed by atoms with Gasteiger partial charge in [-0.05, 0) is 41.7 Å². The molecule has 25 heavy (non-hydrogen) atoms. The zero-order chi connectivity index (χ0) is 17.5.